The normalized spacial score (nSPS) is 18.7. The van der Waals surface area contributed by atoms with E-state index in [-0.39, 0.29) is 33.6 Å². The predicted molar refractivity (Wildman–Crippen MR) is 213 cm³/mol. The average Bonchev–Trinajstić information content (AvgIpc) is 3.23. The first kappa shape index (κ1) is 41.8. The molecule has 330 valence electrons. The zero-order valence-electron chi connectivity index (χ0n) is 32.3. The summed E-state index contributed by atoms with van der Waals surface area (Å²) in [4.78, 5) is 27.6. The average molecular weight is 883 g/mol. The van der Waals surface area contributed by atoms with E-state index < -0.39 is 146 Å². The van der Waals surface area contributed by atoms with Crippen molar-refractivity contribution in [1.82, 2.24) is 0 Å². The molecule has 0 spiro atoms. The highest BCUT2D eigenvalue weighted by Crippen LogP contribution is 2.58. The molecule has 0 unspecified atom stereocenters. The number of aromatic hydroxyl groups is 14. The number of benzene rings is 6. The van der Waals surface area contributed by atoms with Crippen molar-refractivity contribution in [3.63, 3.8) is 0 Å². The number of fused-ring (bicyclic) bond motifs is 2. The van der Waals surface area contributed by atoms with Crippen molar-refractivity contribution in [2.24, 2.45) is 0 Å². The lowest BCUT2D eigenvalue weighted by Crippen LogP contribution is -2.40. The van der Waals surface area contributed by atoms with E-state index in [1.54, 1.807) is 0 Å². The molecule has 64 heavy (non-hydrogen) atoms. The lowest BCUT2D eigenvalue weighted by molar-refractivity contribution is -0.0303. The number of rotatable bonds is 7. The summed E-state index contributed by atoms with van der Waals surface area (Å²) >= 11 is 0. The molecule has 2 aliphatic rings. The van der Waals surface area contributed by atoms with Crippen LogP contribution in [0.1, 0.15) is 66.7 Å². The van der Waals surface area contributed by atoms with Crippen LogP contribution in [-0.2, 0) is 15.9 Å². The maximum atomic E-state index is 14.1. The lowest BCUT2D eigenvalue weighted by atomic mass is 9.77. The van der Waals surface area contributed by atoms with Crippen LogP contribution in [-0.4, -0.2) is 95.6 Å². The van der Waals surface area contributed by atoms with Crippen molar-refractivity contribution >= 4 is 11.9 Å². The molecular weight excluding hydrogens is 848 g/mol. The first-order valence-corrected chi connectivity index (χ1v) is 18.7. The van der Waals surface area contributed by atoms with Gasteiger partial charge >= 0.3 is 11.9 Å². The number of hydrogen-bond donors (Lipinski definition) is 14. The van der Waals surface area contributed by atoms with Gasteiger partial charge in [0.25, 0.3) is 0 Å². The predicted octanol–water partition coefficient (Wildman–Crippen LogP) is 4.96. The molecule has 14 N–H and O–H groups in total. The Balaban J connectivity index is 1.34. The van der Waals surface area contributed by atoms with Gasteiger partial charge in [0.1, 0.15) is 40.6 Å². The van der Waals surface area contributed by atoms with E-state index in [1.165, 1.54) is 12.1 Å². The van der Waals surface area contributed by atoms with E-state index in [9.17, 15) is 81.1 Å². The molecule has 5 atom stereocenters. The van der Waals surface area contributed by atoms with Crippen LogP contribution in [0.5, 0.6) is 92.0 Å². The van der Waals surface area contributed by atoms with Gasteiger partial charge in [0, 0.05) is 52.4 Å². The molecule has 0 amide bonds. The summed E-state index contributed by atoms with van der Waals surface area (Å²) in [6.45, 7) is 0. The highest BCUT2D eigenvalue weighted by atomic mass is 16.6. The third kappa shape index (κ3) is 7.23. The van der Waals surface area contributed by atoms with Crippen LogP contribution < -0.4 is 9.47 Å². The fourth-order valence-electron chi connectivity index (χ4n) is 7.74. The van der Waals surface area contributed by atoms with Crippen LogP contribution >= 0.6 is 0 Å². The van der Waals surface area contributed by atoms with Gasteiger partial charge in [0.2, 0.25) is 0 Å². The van der Waals surface area contributed by atoms with E-state index in [0.29, 0.717) is 0 Å². The second-order valence-electron chi connectivity index (χ2n) is 14.8. The highest BCUT2D eigenvalue weighted by molar-refractivity contribution is 5.92. The summed E-state index contributed by atoms with van der Waals surface area (Å²) in [7, 11) is 0. The topological polar surface area (TPSA) is 354 Å². The molecule has 0 fully saturated rings. The first-order valence-electron chi connectivity index (χ1n) is 18.7. The molecule has 0 aliphatic carbocycles. The van der Waals surface area contributed by atoms with Gasteiger partial charge in [-0.15, -0.1) is 0 Å². The summed E-state index contributed by atoms with van der Waals surface area (Å²) < 4.78 is 24.6. The minimum Gasteiger partial charge on any atom is -0.508 e. The molecule has 8 rings (SSSR count). The number of phenols is 14. The van der Waals surface area contributed by atoms with Gasteiger partial charge in [0.05, 0.1) is 17.0 Å². The standard InChI is InChI=1S/C44H34O20/c45-19-11-26(51)34-32(12-19)61-40(16-2-4-22(47)25(50)6-16)42(64-44(60)18-9-30(55)38(58)31(56)10-18)36(34)35-27(52)14-23(48)20-13-33(62-43(59)17-7-28(53)37(57)29(54)8-17)39(63-41(20)35)15-1-3-21(46)24(49)5-15/h1-12,14,33,36,39-40,42,45-58H,13H2/t33-,36-,39-,40-,42-/m1/s1. The van der Waals surface area contributed by atoms with E-state index in [1.807, 2.05) is 0 Å². The summed E-state index contributed by atoms with van der Waals surface area (Å²) in [6.07, 6.45) is -6.98. The first-order chi connectivity index (χ1) is 30.3. The summed E-state index contributed by atoms with van der Waals surface area (Å²) in [5.41, 5.74) is -1.85. The van der Waals surface area contributed by atoms with Gasteiger partial charge in [-0.2, -0.15) is 0 Å². The summed E-state index contributed by atoms with van der Waals surface area (Å²) in [5, 5.41) is 147. The van der Waals surface area contributed by atoms with Gasteiger partial charge in [-0.25, -0.2) is 9.59 Å². The minimum absolute atomic E-state index is 0.0106. The molecule has 0 saturated carbocycles. The van der Waals surface area contributed by atoms with Crippen LogP contribution in [0.3, 0.4) is 0 Å². The van der Waals surface area contributed by atoms with Crippen LogP contribution in [0, 0.1) is 0 Å². The molecule has 20 nitrogen and oxygen atoms in total. The monoisotopic (exact) mass is 882 g/mol. The molecule has 0 bridgehead atoms. The second-order valence-corrected chi connectivity index (χ2v) is 14.8. The van der Waals surface area contributed by atoms with Crippen molar-refractivity contribution in [1.29, 1.82) is 0 Å². The molecule has 6 aromatic carbocycles. The SMILES string of the molecule is O=C(O[C@@H]1[C@@H](c2c(O)cc(O)c3c2O[C@H](c2ccc(O)c(O)c2)[C@H](OC(=O)c2cc(O)c(O)c(O)c2)C3)c2c(O)cc(O)cc2O[C@@H]1c1ccc(O)c(O)c1)c1cc(O)c(O)c(O)c1. The van der Waals surface area contributed by atoms with Crippen molar-refractivity contribution < 1.29 is 100 Å². The molecule has 6 aromatic rings. The number of esters is 2. The third-order valence-electron chi connectivity index (χ3n) is 10.7. The zero-order chi connectivity index (χ0) is 46.0. The van der Waals surface area contributed by atoms with Gasteiger partial charge < -0.3 is 90.4 Å². The molecule has 0 saturated heterocycles. The summed E-state index contributed by atoms with van der Waals surface area (Å²) in [5.74, 6) is -15.6. The molecule has 2 aliphatic heterocycles. The Kier molecular flexibility index (Phi) is 10.1. The number of ether oxygens (including phenoxy) is 4. The largest absolute Gasteiger partial charge is 0.508 e. The van der Waals surface area contributed by atoms with Gasteiger partial charge in [0.15, 0.2) is 75.8 Å². The number of hydrogen-bond acceptors (Lipinski definition) is 20. The van der Waals surface area contributed by atoms with Crippen molar-refractivity contribution in [3.05, 3.63) is 118 Å². The quantitative estimate of drug-likeness (QED) is 0.0744. The molecule has 0 aromatic heterocycles. The van der Waals surface area contributed by atoms with Crippen LogP contribution in [0.4, 0.5) is 0 Å². The zero-order valence-corrected chi connectivity index (χ0v) is 32.3. The number of phenolic OH excluding ortho intramolecular Hbond substituents is 14. The van der Waals surface area contributed by atoms with Crippen molar-refractivity contribution in [2.45, 2.75) is 36.8 Å². The maximum absolute atomic E-state index is 14.1. The Morgan fingerprint density at radius 2 is 0.969 bits per heavy atom. The van der Waals surface area contributed by atoms with Crippen LogP contribution in [0.25, 0.3) is 0 Å². The van der Waals surface area contributed by atoms with Crippen LogP contribution in [0.15, 0.2) is 78.9 Å². The molecular formula is C44H34O20. The van der Waals surface area contributed by atoms with Gasteiger partial charge in [-0.05, 0) is 48.5 Å². The second kappa shape index (κ2) is 15.5. The molecule has 20 heteroatoms. The number of carbonyl (C=O) groups is 2. The van der Waals surface area contributed by atoms with Gasteiger partial charge in [-0.1, -0.05) is 12.1 Å². The Bertz CT molecular complexity index is 2860. The fraction of sp³-hybridized carbons (Fsp3) is 0.136. The van der Waals surface area contributed by atoms with Crippen molar-refractivity contribution in [3.8, 4) is 92.0 Å². The molecule has 2 heterocycles. The summed E-state index contributed by atoms with van der Waals surface area (Å²) in [6, 6.07) is 12.6. The Morgan fingerprint density at radius 1 is 0.469 bits per heavy atom. The maximum Gasteiger partial charge on any atom is 0.338 e. The number of carbonyl (C=O) groups excluding carboxylic acids is 2. The Hall–Kier alpha value is -8.94. The fourth-order valence-corrected chi connectivity index (χ4v) is 7.74. The van der Waals surface area contributed by atoms with E-state index in [0.717, 1.165) is 66.7 Å². The van der Waals surface area contributed by atoms with E-state index in [4.69, 9.17) is 18.9 Å². The van der Waals surface area contributed by atoms with E-state index >= 15 is 0 Å². The van der Waals surface area contributed by atoms with Crippen molar-refractivity contribution in [2.75, 3.05) is 0 Å². The minimum atomic E-state index is -1.85. The smallest absolute Gasteiger partial charge is 0.338 e. The van der Waals surface area contributed by atoms with Crippen LogP contribution in [0.2, 0.25) is 0 Å². The lowest BCUT2D eigenvalue weighted by Gasteiger charge is -2.42. The Labute approximate surface area is 358 Å². The van der Waals surface area contributed by atoms with E-state index in [2.05, 4.69) is 0 Å². The Morgan fingerprint density at radius 3 is 1.50 bits per heavy atom. The van der Waals surface area contributed by atoms with Gasteiger partial charge in [-0.3, -0.25) is 0 Å². The molecule has 0 radical (unpaired) electrons. The highest BCUT2D eigenvalue weighted by Gasteiger charge is 2.49. The third-order valence-corrected chi connectivity index (χ3v) is 10.7.